The molecule has 0 fully saturated rings. The van der Waals surface area contributed by atoms with Crippen molar-refractivity contribution in [3.8, 4) is 0 Å². The van der Waals surface area contributed by atoms with Crippen molar-refractivity contribution in [1.29, 1.82) is 0 Å². The minimum Gasteiger partial charge on any atom is -0.302 e. The molecule has 0 aliphatic carbocycles. The fraction of sp³-hybridized carbons (Fsp3) is 0.714. The first kappa shape index (κ1) is 16.0. The molecule has 0 saturated carbocycles. The molecule has 0 radical (unpaired) electrons. The second kappa shape index (κ2) is 8.18. The van der Waals surface area contributed by atoms with Crippen LogP contribution in [0.15, 0.2) is 6.20 Å². The summed E-state index contributed by atoms with van der Waals surface area (Å²) in [7, 11) is 4.05. The topological polar surface area (TPSA) is 29.0 Å². The van der Waals surface area contributed by atoms with Crippen molar-refractivity contribution in [2.24, 2.45) is 0 Å². The first-order valence-corrected chi connectivity index (χ1v) is 6.39. The summed E-state index contributed by atoms with van der Waals surface area (Å²) in [6.45, 7) is 11.4. The van der Waals surface area contributed by atoms with E-state index in [2.05, 4.69) is 49.5 Å². The van der Waals surface area contributed by atoms with Crippen LogP contribution >= 0.6 is 0 Å². The van der Waals surface area contributed by atoms with Crippen LogP contribution in [0.3, 0.4) is 0 Å². The van der Waals surface area contributed by atoms with Gasteiger partial charge in [0.1, 0.15) is 5.82 Å². The fourth-order valence-corrected chi connectivity index (χ4v) is 1.45. The van der Waals surface area contributed by atoms with Gasteiger partial charge in [-0.05, 0) is 32.5 Å². The number of hydrogen-bond donors (Lipinski definition) is 0. The molecule has 0 N–H and O–H groups in total. The Balaban J connectivity index is 0.000000770. The van der Waals surface area contributed by atoms with Crippen molar-refractivity contribution in [3.63, 3.8) is 0 Å². The van der Waals surface area contributed by atoms with Crippen molar-refractivity contribution >= 4 is 0 Å². The molecule has 98 valence electrons. The third-order valence-electron chi connectivity index (χ3n) is 2.15. The van der Waals surface area contributed by atoms with E-state index in [9.17, 15) is 0 Å². The van der Waals surface area contributed by atoms with E-state index < -0.39 is 0 Å². The lowest BCUT2D eigenvalue weighted by molar-refractivity contribution is 0.389. The molecule has 0 atom stereocenters. The van der Waals surface area contributed by atoms with Crippen LogP contribution in [0.1, 0.15) is 57.1 Å². The zero-order chi connectivity index (χ0) is 13.4. The second-order valence-corrected chi connectivity index (χ2v) is 4.93. The Bertz CT molecular complexity index is 319. The van der Waals surface area contributed by atoms with Crippen LogP contribution < -0.4 is 0 Å². The lowest BCUT2D eigenvalue weighted by atomic mass is 10.0. The van der Waals surface area contributed by atoms with Crippen LogP contribution in [0.5, 0.6) is 0 Å². The molecule has 0 spiro atoms. The molecule has 17 heavy (non-hydrogen) atoms. The molecule has 0 bridgehead atoms. The first-order chi connectivity index (χ1) is 7.92. The van der Waals surface area contributed by atoms with E-state index in [0.717, 1.165) is 18.1 Å². The van der Waals surface area contributed by atoms with Gasteiger partial charge in [-0.15, -0.1) is 0 Å². The molecular formula is C14H27N3. The average Bonchev–Trinajstić information content (AvgIpc) is 2.16. The van der Waals surface area contributed by atoms with Crippen LogP contribution in [-0.2, 0) is 6.54 Å². The van der Waals surface area contributed by atoms with Gasteiger partial charge in [0.25, 0.3) is 0 Å². The summed E-state index contributed by atoms with van der Waals surface area (Å²) in [5, 5.41) is 0. The highest BCUT2D eigenvalue weighted by atomic mass is 15.1. The third kappa shape index (κ3) is 6.37. The van der Waals surface area contributed by atoms with Gasteiger partial charge >= 0.3 is 0 Å². The number of rotatable bonds is 3. The predicted octanol–water partition coefficient (Wildman–Crippen LogP) is 3.39. The molecule has 0 aromatic carbocycles. The summed E-state index contributed by atoms with van der Waals surface area (Å²) in [6.07, 6.45) is 3.20. The number of aromatic nitrogens is 2. The Morgan fingerprint density at radius 1 is 1.24 bits per heavy atom. The van der Waals surface area contributed by atoms with Gasteiger partial charge in [-0.3, -0.25) is 0 Å². The van der Waals surface area contributed by atoms with E-state index in [-0.39, 0.29) is 0 Å². The maximum atomic E-state index is 4.48. The monoisotopic (exact) mass is 237 g/mol. The average molecular weight is 237 g/mol. The predicted molar refractivity (Wildman–Crippen MR) is 74.2 cm³/mol. The summed E-state index contributed by atoms with van der Waals surface area (Å²) in [5.41, 5.74) is 2.35. The van der Waals surface area contributed by atoms with Gasteiger partial charge in [0, 0.05) is 11.9 Å². The van der Waals surface area contributed by atoms with Crippen LogP contribution in [-0.4, -0.2) is 29.0 Å². The van der Waals surface area contributed by atoms with Gasteiger partial charge in [-0.25, -0.2) is 9.97 Å². The smallest absolute Gasteiger partial charge is 0.142 e. The maximum Gasteiger partial charge on any atom is 0.142 e. The number of hydrogen-bond acceptors (Lipinski definition) is 3. The van der Waals surface area contributed by atoms with E-state index in [1.54, 1.807) is 0 Å². The molecule has 0 aliphatic rings. The van der Waals surface area contributed by atoms with Crippen LogP contribution in [0.25, 0.3) is 0 Å². The van der Waals surface area contributed by atoms with E-state index in [1.165, 1.54) is 12.0 Å². The largest absolute Gasteiger partial charge is 0.302 e. The van der Waals surface area contributed by atoms with Gasteiger partial charge in [0.15, 0.2) is 0 Å². The van der Waals surface area contributed by atoms with Gasteiger partial charge in [0.2, 0.25) is 0 Å². The van der Waals surface area contributed by atoms with E-state index in [4.69, 9.17) is 0 Å². The number of nitrogens with zero attached hydrogens (tertiary/aromatic N) is 3. The molecule has 0 amide bonds. The standard InChI is InChI=1S/C11H19N3.C3H8/c1-8(2)10-6-12-11(7-14(4)5)13-9(10)3;1-3-2/h6,8H,7H2,1-5H3;3H2,1-2H3. The van der Waals surface area contributed by atoms with E-state index >= 15 is 0 Å². The Morgan fingerprint density at radius 2 is 1.76 bits per heavy atom. The number of aryl methyl sites for hydroxylation is 1. The first-order valence-electron chi connectivity index (χ1n) is 6.39. The molecule has 3 nitrogen and oxygen atoms in total. The second-order valence-electron chi connectivity index (χ2n) is 4.93. The summed E-state index contributed by atoms with van der Waals surface area (Å²) >= 11 is 0. The van der Waals surface area contributed by atoms with Crippen LogP contribution in [0.4, 0.5) is 0 Å². The highest BCUT2D eigenvalue weighted by molar-refractivity contribution is 5.19. The SMILES string of the molecule is CCC.Cc1nc(CN(C)C)ncc1C(C)C. The van der Waals surface area contributed by atoms with Crippen molar-refractivity contribution < 1.29 is 0 Å². The third-order valence-corrected chi connectivity index (χ3v) is 2.15. The quantitative estimate of drug-likeness (QED) is 0.807. The molecular weight excluding hydrogens is 210 g/mol. The molecule has 1 aromatic heterocycles. The van der Waals surface area contributed by atoms with E-state index in [1.807, 2.05) is 20.3 Å². The van der Waals surface area contributed by atoms with Crippen LogP contribution in [0, 0.1) is 6.92 Å². The van der Waals surface area contributed by atoms with Crippen LogP contribution in [0.2, 0.25) is 0 Å². The summed E-state index contributed by atoms with van der Waals surface area (Å²) in [6, 6.07) is 0. The lowest BCUT2D eigenvalue weighted by Gasteiger charge is -2.12. The lowest BCUT2D eigenvalue weighted by Crippen LogP contribution is -2.14. The fourth-order valence-electron chi connectivity index (χ4n) is 1.45. The molecule has 3 heteroatoms. The summed E-state index contributed by atoms with van der Waals surface area (Å²) < 4.78 is 0. The van der Waals surface area contributed by atoms with Crippen molar-refractivity contribution in [3.05, 3.63) is 23.3 Å². The Hall–Kier alpha value is -0.960. The molecule has 1 aromatic rings. The van der Waals surface area contributed by atoms with Crippen molar-refractivity contribution in [1.82, 2.24) is 14.9 Å². The van der Waals surface area contributed by atoms with E-state index in [0.29, 0.717) is 5.92 Å². The minimum absolute atomic E-state index is 0.503. The molecule has 1 heterocycles. The highest BCUT2D eigenvalue weighted by Crippen LogP contribution is 2.15. The highest BCUT2D eigenvalue weighted by Gasteiger charge is 2.06. The van der Waals surface area contributed by atoms with Crippen molar-refractivity contribution in [2.75, 3.05) is 14.1 Å². The summed E-state index contributed by atoms with van der Waals surface area (Å²) in [5.74, 6) is 1.40. The van der Waals surface area contributed by atoms with Crippen molar-refractivity contribution in [2.45, 2.75) is 53.5 Å². The molecule has 0 unspecified atom stereocenters. The zero-order valence-electron chi connectivity index (χ0n) is 12.4. The maximum absolute atomic E-state index is 4.48. The Morgan fingerprint density at radius 3 is 2.12 bits per heavy atom. The van der Waals surface area contributed by atoms with Gasteiger partial charge in [0.05, 0.1) is 6.54 Å². The normalized spacial score (nSPS) is 10.4. The van der Waals surface area contributed by atoms with Gasteiger partial charge in [-0.2, -0.15) is 0 Å². The van der Waals surface area contributed by atoms with Gasteiger partial charge in [-0.1, -0.05) is 34.1 Å². The Labute approximate surface area is 106 Å². The Kier molecular flexibility index (Phi) is 7.72. The molecule has 0 aliphatic heterocycles. The molecule has 1 rings (SSSR count). The zero-order valence-corrected chi connectivity index (χ0v) is 12.4. The summed E-state index contributed by atoms with van der Waals surface area (Å²) in [4.78, 5) is 10.9. The minimum atomic E-state index is 0.503. The van der Waals surface area contributed by atoms with Gasteiger partial charge < -0.3 is 4.90 Å². The molecule has 0 saturated heterocycles.